The van der Waals surface area contributed by atoms with Gasteiger partial charge in [0.25, 0.3) is 5.89 Å². The van der Waals surface area contributed by atoms with Crippen molar-refractivity contribution in [2.45, 2.75) is 19.7 Å². The van der Waals surface area contributed by atoms with Gasteiger partial charge in [-0.2, -0.15) is 13.2 Å². The Kier molecular flexibility index (Phi) is 4.67. The molecule has 0 N–H and O–H groups in total. The number of hydrogen-bond acceptors (Lipinski definition) is 4. The molecular formula is C17H12ClF3N2O2. The quantitative estimate of drug-likeness (QED) is 0.627. The second-order valence-corrected chi connectivity index (χ2v) is 5.68. The lowest BCUT2D eigenvalue weighted by molar-refractivity contribution is -0.137. The Morgan fingerprint density at radius 1 is 1.12 bits per heavy atom. The summed E-state index contributed by atoms with van der Waals surface area (Å²) in [5, 5.41) is 8.01. The van der Waals surface area contributed by atoms with Crippen LogP contribution in [0.25, 0.3) is 11.5 Å². The molecule has 25 heavy (non-hydrogen) atoms. The predicted molar refractivity (Wildman–Crippen MR) is 85.3 cm³/mol. The second kappa shape index (κ2) is 6.76. The third-order valence-corrected chi connectivity index (χ3v) is 3.65. The Hall–Kier alpha value is -2.54. The fourth-order valence-electron chi connectivity index (χ4n) is 2.25. The fraction of sp³-hybridized carbons (Fsp3) is 0.176. The predicted octanol–water partition coefficient (Wildman–Crippen LogP) is 5.30. The van der Waals surface area contributed by atoms with Gasteiger partial charge in [0.05, 0.1) is 11.1 Å². The highest BCUT2D eigenvalue weighted by Gasteiger charge is 2.34. The SMILES string of the molecule is Cc1cc(Cl)ccc1OCc1nnc(-c2ccccc2C(F)(F)F)o1. The summed E-state index contributed by atoms with van der Waals surface area (Å²) in [6, 6.07) is 10.1. The first-order valence-corrected chi connectivity index (χ1v) is 7.60. The summed E-state index contributed by atoms with van der Waals surface area (Å²) in [5.74, 6) is 0.431. The molecule has 0 radical (unpaired) electrons. The largest absolute Gasteiger partial charge is 0.484 e. The number of hydrogen-bond donors (Lipinski definition) is 0. The van der Waals surface area contributed by atoms with Crippen LogP contribution in [0.1, 0.15) is 17.0 Å². The van der Waals surface area contributed by atoms with Crippen molar-refractivity contribution in [2.75, 3.05) is 0 Å². The fourth-order valence-corrected chi connectivity index (χ4v) is 2.48. The molecule has 8 heteroatoms. The summed E-state index contributed by atoms with van der Waals surface area (Å²) in [7, 11) is 0. The minimum Gasteiger partial charge on any atom is -0.484 e. The molecule has 0 bridgehead atoms. The van der Waals surface area contributed by atoms with Crippen molar-refractivity contribution in [3.05, 3.63) is 64.5 Å². The Balaban J connectivity index is 1.80. The van der Waals surface area contributed by atoms with Gasteiger partial charge in [0.2, 0.25) is 5.89 Å². The van der Waals surface area contributed by atoms with Crippen LogP contribution in [0, 0.1) is 6.92 Å². The molecule has 4 nitrogen and oxygen atoms in total. The molecular weight excluding hydrogens is 357 g/mol. The van der Waals surface area contributed by atoms with Crippen molar-refractivity contribution in [1.29, 1.82) is 0 Å². The number of halogens is 4. The number of aryl methyl sites for hydroxylation is 1. The highest BCUT2D eigenvalue weighted by atomic mass is 35.5. The normalized spacial score (nSPS) is 11.6. The van der Waals surface area contributed by atoms with Gasteiger partial charge in [-0.05, 0) is 42.8 Å². The van der Waals surface area contributed by atoms with Crippen molar-refractivity contribution in [3.8, 4) is 17.2 Å². The molecule has 0 aliphatic rings. The number of rotatable bonds is 4. The molecule has 3 aromatic rings. The van der Waals surface area contributed by atoms with E-state index in [1.165, 1.54) is 18.2 Å². The van der Waals surface area contributed by atoms with E-state index in [1.807, 2.05) is 6.92 Å². The first-order chi connectivity index (χ1) is 11.8. The molecule has 0 atom stereocenters. The third kappa shape index (κ3) is 3.93. The van der Waals surface area contributed by atoms with Crippen molar-refractivity contribution >= 4 is 11.6 Å². The first kappa shape index (κ1) is 17.3. The van der Waals surface area contributed by atoms with Crippen molar-refractivity contribution < 1.29 is 22.3 Å². The molecule has 0 spiro atoms. The molecule has 0 saturated heterocycles. The molecule has 3 rings (SSSR count). The maximum atomic E-state index is 13.1. The van der Waals surface area contributed by atoms with Crippen LogP contribution < -0.4 is 4.74 Å². The van der Waals surface area contributed by atoms with E-state index in [-0.39, 0.29) is 24.0 Å². The molecule has 0 amide bonds. The summed E-state index contributed by atoms with van der Waals surface area (Å²) in [6.45, 7) is 1.75. The minimum absolute atomic E-state index is 0.0658. The number of alkyl halides is 3. The highest BCUT2D eigenvalue weighted by molar-refractivity contribution is 6.30. The van der Waals surface area contributed by atoms with Gasteiger partial charge < -0.3 is 9.15 Å². The van der Waals surface area contributed by atoms with Crippen LogP contribution in [0.4, 0.5) is 13.2 Å². The van der Waals surface area contributed by atoms with Gasteiger partial charge in [0.15, 0.2) is 6.61 Å². The molecule has 130 valence electrons. The van der Waals surface area contributed by atoms with E-state index in [0.717, 1.165) is 11.6 Å². The van der Waals surface area contributed by atoms with Crippen LogP contribution in [-0.4, -0.2) is 10.2 Å². The first-order valence-electron chi connectivity index (χ1n) is 7.22. The van der Waals surface area contributed by atoms with E-state index < -0.39 is 11.7 Å². The van der Waals surface area contributed by atoms with Crippen molar-refractivity contribution in [1.82, 2.24) is 10.2 Å². The van der Waals surface area contributed by atoms with Gasteiger partial charge in [0.1, 0.15) is 5.75 Å². The van der Waals surface area contributed by atoms with Gasteiger partial charge in [-0.15, -0.1) is 10.2 Å². The lowest BCUT2D eigenvalue weighted by atomic mass is 10.1. The zero-order valence-electron chi connectivity index (χ0n) is 13.0. The van der Waals surface area contributed by atoms with Crippen LogP contribution >= 0.6 is 11.6 Å². The molecule has 1 heterocycles. The second-order valence-electron chi connectivity index (χ2n) is 5.24. The van der Waals surface area contributed by atoms with Crippen molar-refractivity contribution in [3.63, 3.8) is 0 Å². The average molecular weight is 369 g/mol. The molecule has 0 aliphatic carbocycles. The molecule has 0 aliphatic heterocycles. The Labute approximate surface area is 146 Å². The molecule has 0 unspecified atom stereocenters. The lowest BCUT2D eigenvalue weighted by Crippen LogP contribution is -2.06. The van der Waals surface area contributed by atoms with Crippen LogP contribution in [0.5, 0.6) is 5.75 Å². The summed E-state index contributed by atoms with van der Waals surface area (Å²) < 4.78 is 50.1. The zero-order valence-corrected chi connectivity index (χ0v) is 13.7. The van der Waals surface area contributed by atoms with Gasteiger partial charge in [-0.3, -0.25) is 0 Å². The highest BCUT2D eigenvalue weighted by Crippen LogP contribution is 2.36. The number of ether oxygens (including phenoxy) is 1. The van der Waals surface area contributed by atoms with Gasteiger partial charge >= 0.3 is 6.18 Å². The van der Waals surface area contributed by atoms with Gasteiger partial charge in [-0.25, -0.2) is 0 Å². The topological polar surface area (TPSA) is 48.2 Å². The zero-order chi connectivity index (χ0) is 18.0. The van der Waals surface area contributed by atoms with Gasteiger partial charge in [0, 0.05) is 5.02 Å². The van der Waals surface area contributed by atoms with E-state index in [9.17, 15) is 13.2 Å². The minimum atomic E-state index is -4.51. The van der Waals surface area contributed by atoms with E-state index in [1.54, 1.807) is 18.2 Å². The van der Waals surface area contributed by atoms with Crippen molar-refractivity contribution in [2.24, 2.45) is 0 Å². The van der Waals surface area contributed by atoms with E-state index >= 15 is 0 Å². The smallest absolute Gasteiger partial charge is 0.417 e. The van der Waals surface area contributed by atoms with Crippen LogP contribution in [0.3, 0.4) is 0 Å². The summed E-state index contributed by atoms with van der Waals surface area (Å²) >= 11 is 5.87. The monoisotopic (exact) mass is 368 g/mol. The maximum Gasteiger partial charge on any atom is 0.417 e. The lowest BCUT2D eigenvalue weighted by Gasteiger charge is -2.09. The van der Waals surface area contributed by atoms with E-state index in [2.05, 4.69) is 10.2 Å². The molecule has 0 fully saturated rings. The molecule has 0 saturated carbocycles. The van der Waals surface area contributed by atoms with E-state index in [0.29, 0.717) is 10.8 Å². The number of aromatic nitrogens is 2. The Morgan fingerprint density at radius 2 is 1.88 bits per heavy atom. The average Bonchev–Trinajstić information content (AvgIpc) is 3.02. The number of nitrogens with zero attached hydrogens (tertiary/aromatic N) is 2. The van der Waals surface area contributed by atoms with E-state index in [4.69, 9.17) is 20.8 Å². The maximum absolute atomic E-state index is 13.1. The summed E-state index contributed by atoms with van der Waals surface area (Å²) in [5.41, 5.74) is -0.189. The Morgan fingerprint density at radius 3 is 2.60 bits per heavy atom. The van der Waals surface area contributed by atoms with Gasteiger partial charge in [-0.1, -0.05) is 23.7 Å². The van der Waals surface area contributed by atoms with Crippen LogP contribution in [0.2, 0.25) is 5.02 Å². The third-order valence-electron chi connectivity index (χ3n) is 3.42. The van der Waals surface area contributed by atoms with Crippen LogP contribution in [-0.2, 0) is 12.8 Å². The summed E-state index contributed by atoms with van der Waals surface area (Å²) in [6.07, 6.45) is -4.51. The molecule has 1 aromatic heterocycles. The Bertz CT molecular complexity index is 894. The standard InChI is InChI=1S/C17H12ClF3N2O2/c1-10-8-11(18)6-7-14(10)24-9-15-22-23-16(25-15)12-4-2-3-5-13(12)17(19,20)21/h2-8H,9H2,1H3. The number of benzene rings is 2. The molecule has 2 aromatic carbocycles. The summed E-state index contributed by atoms with van der Waals surface area (Å²) in [4.78, 5) is 0. The van der Waals surface area contributed by atoms with Crippen LogP contribution in [0.15, 0.2) is 46.9 Å².